The van der Waals surface area contributed by atoms with Gasteiger partial charge in [-0.2, -0.15) is 0 Å². The first-order chi connectivity index (χ1) is 8.43. The van der Waals surface area contributed by atoms with Gasteiger partial charge in [-0.05, 0) is 30.4 Å². The summed E-state index contributed by atoms with van der Waals surface area (Å²) in [5.74, 6) is -2.63. The summed E-state index contributed by atoms with van der Waals surface area (Å²) in [5, 5.41) is 2.58. The van der Waals surface area contributed by atoms with Gasteiger partial charge in [-0.3, -0.25) is 4.79 Å². The minimum atomic E-state index is -0.994. The summed E-state index contributed by atoms with van der Waals surface area (Å²) in [6.07, 6.45) is 3.18. The Hall–Kier alpha value is -1.65. The summed E-state index contributed by atoms with van der Waals surface area (Å²) in [6, 6.07) is 2.10. The second-order valence-electron chi connectivity index (χ2n) is 5.17. The predicted molar refractivity (Wildman–Crippen MR) is 65.1 cm³/mol. The Morgan fingerprint density at radius 2 is 2.11 bits per heavy atom. The molecule has 1 aliphatic rings. The highest BCUT2D eigenvalue weighted by Gasteiger charge is 2.32. The molecule has 0 heterocycles. The predicted octanol–water partition coefficient (Wildman–Crippen LogP) is 2.47. The SMILES string of the molecule is CC1(CNC(=O)c2c(F)ccc(N)c2F)CCC1. The average Bonchev–Trinajstić information content (AvgIpc) is 2.29. The van der Waals surface area contributed by atoms with Crippen LogP contribution in [0, 0.1) is 17.0 Å². The standard InChI is InChI=1S/C13H16F2N2O/c1-13(5-2-6-13)7-17-12(18)10-8(14)3-4-9(16)11(10)15/h3-4H,2,5-7,16H2,1H3,(H,17,18). The number of hydrogen-bond donors (Lipinski definition) is 2. The first-order valence-electron chi connectivity index (χ1n) is 5.95. The number of hydrogen-bond acceptors (Lipinski definition) is 2. The second kappa shape index (κ2) is 4.55. The Balaban J connectivity index is 2.11. The molecule has 0 aliphatic heterocycles. The van der Waals surface area contributed by atoms with Crippen LogP contribution in [0.3, 0.4) is 0 Å². The van der Waals surface area contributed by atoms with E-state index in [9.17, 15) is 13.6 Å². The fourth-order valence-corrected chi connectivity index (χ4v) is 2.12. The van der Waals surface area contributed by atoms with E-state index >= 15 is 0 Å². The van der Waals surface area contributed by atoms with Gasteiger partial charge in [-0.1, -0.05) is 13.3 Å². The minimum Gasteiger partial charge on any atom is -0.396 e. The molecule has 0 bridgehead atoms. The Kier molecular flexibility index (Phi) is 3.24. The third-order valence-electron chi connectivity index (χ3n) is 3.58. The van der Waals surface area contributed by atoms with Crippen LogP contribution in [0.2, 0.25) is 0 Å². The van der Waals surface area contributed by atoms with E-state index in [-0.39, 0.29) is 11.1 Å². The number of carbonyl (C=O) groups is 1. The topological polar surface area (TPSA) is 55.1 Å². The summed E-state index contributed by atoms with van der Waals surface area (Å²) in [4.78, 5) is 11.8. The largest absolute Gasteiger partial charge is 0.396 e. The number of halogens is 2. The van der Waals surface area contributed by atoms with E-state index in [1.165, 1.54) is 0 Å². The minimum absolute atomic E-state index is 0.0585. The van der Waals surface area contributed by atoms with Crippen molar-refractivity contribution in [2.45, 2.75) is 26.2 Å². The normalized spacial score (nSPS) is 17.1. The third-order valence-corrected chi connectivity index (χ3v) is 3.58. The van der Waals surface area contributed by atoms with Crippen LogP contribution in [0.5, 0.6) is 0 Å². The number of nitrogen functional groups attached to an aromatic ring is 1. The smallest absolute Gasteiger partial charge is 0.257 e. The van der Waals surface area contributed by atoms with Crippen molar-refractivity contribution in [2.75, 3.05) is 12.3 Å². The van der Waals surface area contributed by atoms with Crippen LogP contribution in [-0.4, -0.2) is 12.5 Å². The summed E-state index contributed by atoms with van der Waals surface area (Å²) in [7, 11) is 0. The van der Waals surface area contributed by atoms with Crippen molar-refractivity contribution >= 4 is 11.6 Å². The van der Waals surface area contributed by atoms with E-state index in [0.717, 1.165) is 31.4 Å². The van der Waals surface area contributed by atoms with Crippen molar-refractivity contribution in [1.29, 1.82) is 0 Å². The van der Waals surface area contributed by atoms with E-state index in [1.807, 2.05) is 6.92 Å². The maximum absolute atomic E-state index is 13.6. The van der Waals surface area contributed by atoms with Crippen molar-refractivity contribution < 1.29 is 13.6 Å². The molecule has 0 radical (unpaired) electrons. The summed E-state index contributed by atoms with van der Waals surface area (Å²) < 4.78 is 27.0. The molecule has 3 nitrogen and oxygen atoms in total. The highest BCUT2D eigenvalue weighted by Crippen LogP contribution is 2.39. The zero-order chi connectivity index (χ0) is 13.3. The Morgan fingerprint density at radius 1 is 1.44 bits per heavy atom. The van der Waals surface area contributed by atoms with Gasteiger partial charge in [0.2, 0.25) is 0 Å². The first kappa shape index (κ1) is 12.8. The maximum atomic E-state index is 13.6. The van der Waals surface area contributed by atoms with Crippen molar-refractivity contribution in [2.24, 2.45) is 5.41 Å². The monoisotopic (exact) mass is 254 g/mol. The molecule has 0 spiro atoms. The molecule has 1 fully saturated rings. The molecule has 1 aliphatic carbocycles. The van der Waals surface area contributed by atoms with Crippen LogP contribution in [0.15, 0.2) is 12.1 Å². The van der Waals surface area contributed by atoms with Gasteiger partial charge >= 0.3 is 0 Å². The number of carbonyl (C=O) groups excluding carboxylic acids is 1. The molecule has 18 heavy (non-hydrogen) atoms. The molecule has 1 amide bonds. The Bertz CT molecular complexity index is 484. The van der Waals surface area contributed by atoms with E-state index in [0.29, 0.717) is 6.54 Å². The molecular formula is C13H16F2N2O. The van der Waals surface area contributed by atoms with Crippen LogP contribution < -0.4 is 11.1 Å². The lowest BCUT2D eigenvalue weighted by Gasteiger charge is -2.38. The fourth-order valence-electron chi connectivity index (χ4n) is 2.12. The van der Waals surface area contributed by atoms with Crippen molar-refractivity contribution in [3.8, 4) is 0 Å². The highest BCUT2D eigenvalue weighted by atomic mass is 19.1. The molecule has 98 valence electrons. The van der Waals surface area contributed by atoms with Gasteiger partial charge in [-0.15, -0.1) is 0 Å². The Labute approximate surface area is 104 Å². The molecule has 1 aromatic carbocycles. The van der Waals surface area contributed by atoms with Crippen LogP contribution in [0.1, 0.15) is 36.5 Å². The quantitative estimate of drug-likeness (QED) is 0.814. The maximum Gasteiger partial charge on any atom is 0.257 e. The van der Waals surface area contributed by atoms with Gasteiger partial charge < -0.3 is 11.1 Å². The lowest BCUT2D eigenvalue weighted by Crippen LogP contribution is -2.40. The van der Waals surface area contributed by atoms with Crippen molar-refractivity contribution in [3.63, 3.8) is 0 Å². The van der Waals surface area contributed by atoms with E-state index < -0.39 is 23.1 Å². The number of rotatable bonds is 3. The zero-order valence-corrected chi connectivity index (χ0v) is 10.2. The van der Waals surface area contributed by atoms with Crippen LogP contribution in [0.25, 0.3) is 0 Å². The summed E-state index contributed by atoms with van der Waals surface area (Å²) in [6.45, 7) is 2.47. The van der Waals surface area contributed by atoms with E-state index in [2.05, 4.69) is 5.32 Å². The number of nitrogens with one attached hydrogen (secondary N) is 1. The van der Waals surface area contributed by atoms with E-state index in [1.54, 1.807) is 0 Å². The van der Waals surface area contributed by atoms with Gasteiger partial charge in [0.1, 0.15) is 11.4 Å². The van der Waals surface area contributed by atoms with Crippen LogP contribution in [0.4, 0.5) is 14.5 Å². The lowest BCUT2D eigenvalue weighted by atomic mass is 9.70. The zero-order valence-electron chi connectivity index (χ0n) is 10.2. The Morgan fingerprint density at radius 3 is 2.67 bits per heavy atom. The summed E-state index contributed by atoms with van der Waals surface area (Å²) in [5.41, 5.74) is 4.56. The summed E-state index contributed by atoms with van der Waals surface area (Å²) >= 11 is 0. The number of amides is 1. The molecule has 5 heteroatoms. The van der Waals surface area contributed by atoms with Crippen molar-refractivity contribution in [1.82, 2.24) is 5.32 Å². The van der Waals surface area contributed by atoms with Crippen LogP contribution in [-0.2, 0) is 0 Å². The number of nitrogens with two attached hydrogens (primary N) is 1. The molecule has 2 rings (SSSR count). The fraction of sp³-hybridized carbons (Fsp3) is 0.462. The van der Waals surface area contributed by atoms with Crippen molar-refractivity contribution in [3.05, 3.63) is 29.3 Å². The van der Waals surface area contributed by atoms with Crippen LogP contribution >= 0.6 is 0 Å². The molecule has 1 aromatic rings. The highest BCUT2D eigenvalue weighted by molar-refractivity contribution is 5.95. The molecule has 0 aromatic heterocycles. The molecule has 0 saturated heterocycles. The number of benzene rings is 1. The van der Waals surface area contributed by atoms with Gasteiger partial charge in [0, 0.05) is 6.54 Å². The molecule has 0 atom stereocenters. The first-order valence-corrected chi connectivity index (χ1v) is 5.95. The van der Waals surface area contributed by atoms with Gasteiger partial charge in [-0.25, -0.2) is 8.78 Å². The molecule has 0 unspecified atom stereocenters. The van der Waals surface area contributed by atoms with Gasteiger partial charge in [0.25, 0.3) is 5.91 Å². The molecule has 3 N–H and O–H groups in total. The van der Waals surface area contributed by atoms with Gasteiger partial charge in [0.15, 0.2) is 5.82 Å². The molecule has 1 saturated carbocycles. The third kappa shape index (κ3) is 2.30. The second-order valence-corrected chi connectivity index (χ2v) is 5.17. The lowest BCUT2D eigenvalue weighted by molar-refractivity contribution is 0.0882. The number of anilines is 1. The average molecular weight is 254 g/mol. The molecular weight excluding hydrogens is 238 g/mol. The van der Waals surface area contributed by atoms with E-state index in [4.69, 9.17) is 5.73 Å². The van der Waals surface area contributed by atoms with Gasteiger partial charge in [0.05, 0.1) is 5.69 Å².